The molecule has 0 fully saturated rings. The van der Waals surface area contributed by atoms with Gasteiger partial charge in [-0.2, -0.15) is 5.10 Å². The van der Waals surface area contributed by atoms with E-state index < -0.39 is 0 Å². The number of nitrogens with one attached hydrogen (secondary N) is 1. The Morgan fingerprint density at radius 1 is 1.21 bits per heavy atom. The fraction of sp³-hybridized carbons (Fsp3) is 0.400. The Labute approximate surface area is 123 Å². The van der Waals surface area contributed by atoms with Gasteiger partial charge in [0.2, 0.25) is 0 Å². The van der Waals surface area contributed by atoms with Gasteiger partial charge in [-0.1, -0.05) is 34.1 Å². The van der Waals surface area contributed by atoms with Crippen molar-refractivity contribution in [3.63, 3.8) is 0 Å². The Morgan fingerprint density at radius 2 is 1.95 bits per heavy atom. The normalized spacial score (nSPS) is 12.9. The molecule has 0 saturated heterocycles. The molecule has 1 N–H and O–H groups in total. The van der Waals surface area contributed by atoms with Gasteiger partial charge < -0.3 is 5.32 Å². The molecular formula is C15H20BrN3. The first-order valence-corrected chi connectivity index (χ1v) is 7.39. The van der Waals surface area contributed by atoms with Crippen LogP contribution in [0.3, 0.4) is 0 Å². The summed E-state index contributed by atoms with van der Waals surface area (Å²) in [6, 6.07) is 11.1. The predicted octanol–water partition coefficient (Wildman–Crippen LogP) is 4.08. The summed E-state index contributed by atoms with van der Waals surface area (Å²) in [6.07, 6.45) is 2.03. The first kappa shape index (κ1) is 14.3. The largest absolute Gasteiger partial charge is 0.304 e. The van der Waals surface area contributed by atoms with Crippen molar-refractivity contribution in [2.75, 3.05) is 0 Å². The Balaban J connectivity index is 1.96. The maximum atomic E-state index is 4.54. The fourth-order valence-electron chi connectivity index (χ4n) is 1.95. The van der Waals surface area contributed by atoms with E-state index in [9.17, 15) is 0 Å². The molecule has 0 aliphatic carbocycles. The van der Waals surface area contributed by atoms with Gasteiger partial charge in [0.05, 0.1) is 5.69 Å². The highest BCUT2D eigenvalue weighted by atomic mass is 79.9. The Hall–Kier alpha value is -1.13. The molecule has 0 aliphatic rings. The van der Waals surface area contributed by atoms with Gasteiger partial charge in [0.1, 0.15) is 0 Å². The van der Waals surface area contributed by atoms with Crippen molar-refractivity contribution in [1.82, 2.24) is 15.1 Å². The molecule has 102 valence electrons. The van der Waals surface area contributed by atoms with E-state index in [1.54, 1.807) is 0 Å². The first-order chi connectivity index (χ1) is 9.08. The van der Waals surface area contributed by atoms with Gasteiger partial charge in [-0.25, -0.2) is 0 Å². The fourth-order valence-corrected chi connectivity index (χ4v) is 2.58. The van der Waals surface area contributed by atoms with Crippen molar-refractivity contribution in [3.05, 3.63) is 52.3 Å². The van der Waals surface area contributed by atoms with Gasteiger partial charge in [-0.05, 0) is 38.5 Å². The number of benzene rings is 1. The highest BCUT2D eigenvalue weighted by Crippen LogP contribution is 2.22. The van der Waals surface area contributed by atoms with Crippen LogP contribution in [0.15, 0.2) is 41.0 Å². The third-order valence-corrected chi connectivity index (χ3v) is 3.88. The number of rotatable bonds is 5. The van der Waals surface area contributed by atoms with Gasteiger partial charge in [0, 0.05) is 29.3 Å². The number of hydrogen-bond donors (Lipinski definition) is 1. The lowest BCUT2D eigenvalue weighted by molar-refractivity contribution is 0.511. The van der Waals surface area contributed by atoms with Crippen LogP contribution in [0.4, 0.5) is 0 Å². The number of halogens is 1. The summed E-state index contributed by atoms with van der Waals surface area (Å²) in [5.74, 6) is 0. The van der Waals surface area contributed by atoms with Crippen LogP contribution in [0.1, 0.15) is 44.1 Å². The third-order valence-electron chi connectivity index (χ3n) is 3.15. The van der Waals surface area contributed by atoms with E-state index >= 15 is 0 Å². The van der Waals surface area contributed by atoms with E-state index in [4.69, 9.17) is 0 Å². The van der Waals surface area contributed by atoms with Crippen molar-refractivity contribution in [2.24, 2.45) is 0 Å². The zero-order chi connectivity index (χ0) is 13.8. The van der Waals surface area contributed by atoms with Crippen LogP contribution in [0, 0.1) is 0 Å². The van der Waals surface area contributed by atoms with E-state index in [1.165, 1.54) is 5.56 Å². The van der Waals surface area contributed by atoms with Gasteiger partial charge >= 0.3 is 0 Å². The molecule has 0 aliphatic heterocycles. The van der Waals surface area contributed by atoms with E-state index in [0.29, 0.717) is 12.1 Å². The lowest BCUT2D eigenvalue weighted by Gasteiger charge is -2.15. The SMILES string of the molecule is CC(C)n1ccc(CN[C@H](C)c2ccccc2Br)n1. The van der Waals surface area contributed by atoms with Gasteiger partial charge in [0.15, 0.2) is 0 Å². The molecular weight excluding hydrogens is 302 g/mol. The highest BCUT2D eigenvalue weighted by Gasteiger charge is 2.09. The lowest BCUT2D eigenvalue weighted by atomic mass is 10.1. The molecule has 0 amide bonds. The standard InChI is InChI=1S/C15H20BrN3/c1-11(2)19-9-8-13(18-19)10-17-12(3)14-6-4-5-7-15(14)16/h4-9,11-12,17H,10H2,1-3H3/t12-/m1/s1. The van der Waals surface area contributed by atoms with Crippen LogP contribution in [0.25, 0.3) is 0 Å². The molecule has 0 bridgehead atoms. The molecule has 0 radical (unpaired) electrons. The van der Waals surface area contributed by atoms with E-state index in [2.05, 4.69) is 71.4 Å². The maximum absolute atomic E-state index is 4.54. The second-order valence-electron chi connectivity index (χ2n) is 5.00. The van der Waals surface area contributed by atoms with Gasteiger partial charge in [-0.3, -0.25) is 4.68 Å². The average Bonchev–Trinajstić information content (AvgIpc) is 2.85. The Morgan fingerprint density at radius 3 is 2.58 bits per heavy atom. The van der Waals surface area contributed by atoms with Crippen LogP contribution in [0.5, 0.6) is 0 Å². The summed E-state index contributed by atoms with van der Waals surface area (Å²) in [4.78, 5) is 0. The molecule has 0 saturated carbocycles. The highest BCUT2D eigenvalue weighted by molar-refractivity contribution is 9.10. The monoisotopic (exact) mass is 321 g/mol. The average molecular weight is 322 g/mol. The molecule has 4 heteroatoms. The minimum Gasteiger partial charge on any atom is -0.304 e. The van der Waals surface area contributed by atoms with Crippen LogP contribution in [-0.2, 0) is 6.54 Å². The molecule has 19 heavy (non-hydrogen) atoms. The zero-order valence-electron chi connectivity index (χ0n) is 11.6. The lowest BCUT2D eigenvalue weighted by Crippen LogP contribution is -2.19. The van der Waals surface area contributed by atoms with Crippen molar-refractivity contribution in [1.29, 1.82) is 0 Å². The van der Waals surface area contributed by atoms with Gasteiger partial charge in [-0.15, -0.1) is 0 Å². The van der Waals surface area contributed by atoms with Crippen molar-refractivity contribution < 1.29 is 0 Å². The number of hydrogen-bond acceptors (Lipinski definition) is 2. The third kappa shape index (κ3) is 3.67. The van der Waals surface area contributed by atoms with Crippen LogP contribution >= 0.6 is 15.9 Å². The Bertz CT molecular complexity index is 534. The van der Waals surface area contributed by atoms with Crippen molar-refractivity contribution in [2.45, 2.75) is 39.4 Å². The van der Waals surface area contributed by atoms with Crippen LogP contribution in [0.2, 0.25) is 0 Å². The summed E-state index contributed by atoms with van der Waals surface area (Å²) in [5.41, 5.74) is 2.35. The molecule has 2 rings (SSSR count). The minimum atomic E-state index is 0.291. The van der Waals surface area contributed by atoms with E-state index in [-0.39, 0.29) is 0 Å². The second kappa shape index (κ2) is 6.35. The summed E-state index contributed by atoms with van der Waals surface area (Å²) >= 11 is 3.59. The quantitative estimate of drug-likeness (QED) is 0.899. The molecule has 0 unspecified atom stereocenters. The summed E-state index contributed by atoms with van der Waals surface area (Å²) in [7, 11) is 0. The zero-order valence-corrected chi connectivity index (χ0v) is 13.2. The molecule has 3 nitrogen and oxygen atoms in total. The maximum Gasteiger partial charge on any atom is 0.0762 e. The van der Waals surface area contributed by atoms with E-state index in [1.807, 2.05) is 16.9 Å². The first-order valence-electron chi connectivity index (χ1n) is 6.59. The van der Waals surface area contributed by atoms with Crippen LogP contribution < -0.4 is 5.32 Å². The second-order valence-corrected chi connectivity index (χ2v) is 5.86. The summed E-state index contributed by atoms with van der Waals surface area (Å²) in [5, 5.41) is 8.04. The van der Waals surface area contributed by atoms with Crippen molar-refractivity contribution >= 4 is 15.9 Å². The Kier molecular flexibility index (Phi) is 4.77. The van der Waals surface area contributed by atoms with Gasteiger partial charge in [0.25, 0.3) is 0 Å². The molecule has 1 atom stereocenters. The summed E-state index contributed by atoms with van der Waals surface area (Å²) < 4.78 is 3.13. The number of nitrogens with zero attached hydrogens (tertiary/aromatic N) is 2. The molecule has 1 aromatic heterocycles. The number of aromatic nitrogens is 2. The minimum absolute atomic E-state index is 0.291. The molecule has 1 heterocycles. The molecule has 1 aromatic carbocycles. The topological polar surface area (TPSA) is 29.9 Å². The molecule has 2 aromatic rings. The van der Waals surface area contributed by atoms with E-state index in [0.717, 1.165) is 16.7 Å². The van der Waals surface area contributed by atoms with Crippen LogP contribution in [-0.4, -0.2) is 9.78 Å². The molecule has 0 spiro atoms. The predicted molar refractivity (Wildman–Crippen MR) is 82.0 cm³/mol. The van der Waals surface area contributed by atoms with Crippen molar-refractivity contribution in [3.8, 4) is 0 Å². The smallest absolute Gasteiger partial charge is 0.0762 e. The summed E-state index contributed by atoms with van der Waals surface area (Å²) in [6.45, 7) is 7.21.